The highest BCUT2D eigenvalue weighted by molar-refractivity contribution is 7.88. The quantitative estimate of drug-likeness (QED) is 0.886. The summed E-state index contributed by atoms with van der Waals surface area (Å²) < 4.78 is 45.0. The maximum absolute atomic E-state index is 13.3. The Morgan fingerprint density at radius 2 is 1.90 bits per heavy atom. The van der Waals surface area contributed by atoms with Crippen LogP contribution in [0.5, 0.6) is 0 Å². The molecular weight excluding hydrogens is 287 g/mol. The lowest BCUT2D eigenvalue weighted by Gasteiger charge is -2.19. The van der Waals surface area contributed by atoms with Crippen LogP contribution in [0.15, 0.2) is 24.3 Å². The SMILES string of the molecule is CC(C)(C)OC(=O)NS(=O)(=O)NCc1ccccc1F. The van der Waals surface area contributed by atoms with Gasteiger partial charge in [-0.25, -0.2) is 13.9 Å². The third kappa shape index (κ3) is 5.98. The standard InChI is InChI=1S/C12H17FN2O4S/c1-12(2,3)19-11(16)15-20(17,18)14-8-9-6-4-5-7-10(9)13/h4-7,14H,8H2,1-3H3,(H,15,16). The highest BCUT2D eigenvalue weighted by Gasteiger charge is 2.21. The summed E-state index contributed by atoms with van der Waals surface area (Å²) in [6.45, 7) is 4.54. The van der Waals surface area contributed by atoms with Gasteiger partial charge in [0.25, 0.3) is 0 Å². The summed E-state index contributed by atoms with van der Waals surface area (Å²) in [4.78, 5) is 11.3. The van der Waals surface area contributed by atoms with E-state index in [1.165, 1.54) is 18.2 Å². The largest absolute Gasteiger partial charge is 0.443 e. The molecule has 0 atom stereocenters. The Balaban J connectivity index is 2.59. The molecule has 0 bridgehead atoms. The minimum Gasteiger partial charge on any atom is -0.443 e. The van der Waals surface area contributed by atoms with Crippen molar-refractivity contribution < 1.29 is 22.3 Å². The maximum Gasteiger partial charge on any atom is 0.422 e. The molecule has 0 aliphatic heterocycles. The predicted octanol–water partition coefficient (Wildman–Crippen LogP) is 1.68. The first-order valence-corrected chi connectivity index (χ1v) is 7.31. The number of rotatable bonds is 4. The molecule has 0 aromatic heterocycles. The molecule has 0 unspecified atom stereocenters. The minimum absolute atomic E-state index is 0.169. The van der Waals surface area contributed by atoms with Crippen molar-refractivity contribution in [2.24, 2.45) is 0 Å². The Morgan fingerprint density at radius 3 is 2.45 bits per heavy atom. The lowest BCUT2D eigenvalue weighted by molar-refractivity contribution is 0.0569. The zero-order valence-corrected chi connectivity index (χ0v) is 12.3. The average Bonchev–Trinajstić information content (AvgIpc) is 2.24. The van der Waals surface area contributed by atoms with Crippen molar-refractivity contribution in [2.75, 3.05) is 0 Å². The lowest BCUT2D eigenvalue weighted by Crippen LogP contribution is -2.42. The van der Waals surface area contributed by atoms with Gasteiger partial charge in [-0.2, -0.15) is 13.1 Å². The van der Waals surface area contributed by atoms with E-state index in [0.29, 0.717) is 0 Å². The Bertz CT molecular complexity index is 581. The molecule has 0 radical (unpaired) electrons. The average molecular weight is 304 g/mol. The molecule has 1 amide bonds. The maximum atomic E-state index is 13.3. The smallest absolute Gasteiger partial charge is 0.422 e. The third-order valence-corrected chi connectivity index (χ3v) is 2.99. The van der Waals surface area contributed by atoms with E-state index < -0.39 is 27.7 Å². The van der Waals surface area contributed by atoms with Crippen molar-refractivity contribution in [1.82, 2.24) is 9.44 Å². The van der Waals surface area contributed by atoms with Gasteiger partial charge < -0.3 is 4.74 Å². The number of hydrogen-bond donors (Lipinski definition) is 2. The molecule has 0 aliphatic carbocycles. The van der Waals surface area contributed by atoms with Crippen LogP contribution < -0.4 is 9.44 Å². The lowest BCUT2D eigenvalue weighted by atomic mass is 10.2. The molecule has 0 heterocycles. The third-order valence-electron chi connectivity index (χ3n) is 2.03. The van der Waals surface area contributed by atoms with E-state index in [2.05, 4.69) is 4.72 Å². The molecule has 0 spiro atoms. The molecule has 112 valence electrons. The number of amides is 1. The molecule has 0 aliphatic rings. The molecule has 8 heteroatoms. The fraction of sp³-hybridized carbons (Fsp3) is 0.417. The molecule has 1 aromatic carbocycles. The molecule has 20 heavy (non-hydrogen) atoms. The summed E-state index contributed by atoms with van der Waals surface area (Å²) in [5, 5.41) is 0. The number of ether oxygens (including phenoxy) is 1. The zero-order valence-electron chi connectivity index (χ0n) is 11.4. The first-order valence-electron chi connectivity index (χ1n) is 5.83. The van der Waals surface area contributed by atoms with Gasteiger partial charge in [0.2, 0.25) is 0 Å². The van der Waals surface area contributed by atoms with E-state index in [4.69, 9.17) is 4.74 Å². The fourth-order valence-electron chi connectivity index (χ4n) is 1.26. The number of carbonyl (C=O) groups is 1. The molecule has 0 fully saturated rings. The molecule has 1 aromatic rings. The second-order valence-corrected chi connectivity index (χ2v) is 6.52. The molecule has 2 N–H and O–H groups in total. The fourth-order valence-corrected chi connectivity index (χ4v) is 1.94. The van der Waals surface area contributed by atoms with Crippen LogP contribution in [0.25, 0.3) is 0 Å². The Labute approximate surface area is 117 Å². The first-order chi connectivity index (χ1) is 9.09. The van der Waals surface area contributed by atoms with Crippen LogP contribution in [0, 0.1) is 5.82 Å². The first kappa shape index (κ1) is 16.4. The van der Waals surface area contributed by atoms with Crippen LogP contribution in [0.2, 0.25) is 0 Å². The summed E-state index contributed by atoms with van der Waals surface area (Å²) in [6.07, 6.45) is -1.10. The second-order valence-electron chi connectivity index (χ2n) is 5.02. The second kappa shape index (κ2) is 6.19. The van der Waals surface area contributed by atoms with Gasteiger partial charge in [-0.15, -0.1) is 0 Å². The van der Waals surface area contributed by atoms with Crippen LogP contribution in [0.3, 0.4) is 0 Å². The van der Waals surface area contributed by atoms with E-state index in [0.717, 1.165) is 0 Å². The molecule has 0 saturated carbocycles. The highest BCUT2D eigenvalue weighted by atomic mass is 32.2. The van der Waals surface area contributed by atoms with E-state index in [9.17, 15) is 17.6 Å². The van der Waals surface area contributed by atoms with Crippen LogP contribution in [0.4, 0.5) is 9.18 Å². The molecule has 1 rings (SSSR count). The number of halogens is 1. The van der Waals surface area contributed by atoms with Gasteiger partial charge in [-0.1, -0.05) is 18.2 Å². The van der Waals surface area contributed by atoms with Crippen LogP contribution >= 0.6 is 0 Å². The van der Waals surface area contributed by atoms with E-state index in [1.807, 2.05) is 0 Å². The normalized spacial score (nSPS) is 12.0. The van der Waals surface area contributed by atoms with Gasteiger partial charge in [0.1, 0.15) is 11.4 Å². The monoisotopic (exact) mass is 304 g/mol. The summed E-state index contributed by atoms with van der Waals surface area (Å²) in [5.41, 5.74) is -0.646. The van der Waals surface area contributed by atoms with E-state index >= 15 is 0 Å². The van der Waals surface area contributed by atoms with Crippen LogP contribution in [-0.4, -0.2) is 20.1 Å². The van der Waals surface area contributed by atoms with Gasteiger partial charge in [0.15, 0.2) is 0 Å². The Morgan fingerprint density at radius 1 is 1.30 bits per heavy atom. The zero-order chi connectivity index (χ0) is 15.4. The van der Waals surface area contributed by atoms with Crippen molar-refractivity contribution in [1.29, 1.82) is 0 Å². The van der Waals surface area contributed by atoms with Gasteiger partial charge in [0, 0.05) is 12.1 Å². The summed E-state index contributed by atoms with van der Waals surface area (Å²) in [6, 6.07) is 5.72. The number of carbonyl (C=O) groups excluding carboxylic acids is 1. The van der Waals surface area contributed by atoms with Crippen molar-refractivity contribution >= 4 is 16.3 Å². The van der Waals surface area contributed by atoms with E-state index in [-0.39, 0.29) is 12.1 Å². The number of benzene rings is 1. The summed E-state index contributed by atoms with van der Waals surface area (Å²) in [5.74, 6) is -0.535. The van der Waals surface area contributed by atoms with Gasteiger partial charge >= 0.3 is 16.3 Å². The van der Waals surface area contributed by atoms with Gasteiger partial charge in [-0.3, -0.25) is 0 Å². The Kier molecular flexibility index (Phi) is 5.07. The Hall–Kier alpha value is -1.67. The minimum atomic E-state index is -4.11. The molecule has 0 saturated heterocycles. The van der Waals surface area contributed by atoms with Gasteiger partial charge in [0.05, 0.1) is 0 Å². The topological polar surface area (TPSA) is 84.5 Å². The molecular formula is C12H17FN2O4S. The number of nitrogens with one attached hydrogen (secondary N) is 2. The number of hydrogen-bond acceptors (Lipinski definition) is 4. The highest BCUT2D eigenvalue weighted by Crippen LogP contribution is 2.08. The van der Waals surface area contributed by atoms with Crippen molar-refractivity contribution in [3.8, 4) is 0 Å². The summed E-state index contributed by atoms with van der Waals surface area (Å²) in [7, 11) is -4.11. The van der Waals surface area contributed by atoms with Crippen molar-refractivity contribution in [2.45, 2.75) is 32.9 Å². The summed E-state index contributed by atoms with van der Waals surface area (Å²) >= 11 is 0. The predicted molar refractivity (Wildman–Crippen MR) is 71.5 cm³/mol. The van der Waals surface area contributed by atoms with Crippen LogP contribution in [-0.2, 0) is 21.5 Å². The van der Waals surface area contributed by atoms with Crippen molar-refractivity contribution in [3.63, 3.8) is 0 Å². The van der Waals surface area contributed by atoms with Crippen molar-refractivity contribution in [3.05, 3.63) is 35.6 Å². The van der Waals surface area contributed by atoms with E-state index in [1.54, 1.807) is 31.6 Å². The van der Waals surface area contributed by atoms with Gasteiger partial charge in [-0.05, 0) is 26.8 Å². The molecule has 6 nitrogen and oxygen atoms in total. The van der Waals surface area contributed by atoms with Crippen LogP contribution in [0.1, 0.15) is 26.3 Å².